The molecule has 0 unspecified atom stereocenters. The fourth-order valence-corrected chi connectivity index (χ4v) is 4.65. The molecule has 0 saturated carbocycles. The number of piperidine rings is 1. The summed E-state index contributed by atoms with van der Waals surface area (Å²) in [5.41, 5.74) is 5.43. The van der Waals surface area contributed by atoms with Crippen molar-refractivity contribution < 1.29 is 8.78 Å². The molecule has 1 N–H and O–H groups in total. The lowest BCUT2D eigenvalue weighted by Gasteiger charge is -2.30. The molecular weight excluding hydrogens is 440 g/mol. The lowest BCUT2D eigenvalue weighted by molar-refractivity contribution is 0.325. The Morgan fingerprint density at radius 2 is 1.82 bits per heavy atom. The van der Waals surface area contributed by atoms with Gasteiger partial charge in [-0.3, -0.25) is 9.38 Å². The number of benzene rings is 1. The number of pyridine rings is 2. The van der Waals surface area contributed by atoms with E-state index in [1.165, 1.54) is 31.4 Å². The van der Waals surface area contributed by atoms with Gasteiger partial charge >= 0.3 is 0 Å². The Hall–Kier alpha value is -3.39. The van der Waals surface area contributed by atoms with Gasteiger partial charge < -0.3 is 9.62 Å². The summed E-state index contributed by atoms with van der Waals surface area (Å²) >= 11 is 1.07. The largest absolute Gasteiger partial charge is 0.370 e. The molecule has 0 aliphatic carbocycles. The van der Waals surface area contributed by atoms with E-state index < -0.39 is 11.6 Å². The van der Waals surface area contributed by atoms with Gasteiger partial charge in [0.25, 0.3) is 0 Å². The van der Waals surface area contributed by atoms with Crippen molar-refractivity contribution in [1.82, 2.24) is 19.3 Å². The summed E-state index contributed by atoms with van der Waals surface area (Å²) in [6, 6.07) is 9.43. The molecule has 0 atom stereocenters. The van der Waals surface area contributed by atoms with Crippen molar-refractivity contribution in [3.8, 4) is 11.1 Å². The summed E-state index contributed by atoms with van der Waals surface area (Å²) in [6.45, 7) is 6.39. The third kappa shape index (κ3) is 4.57. The average molecular weight is 464 g/mol. The van der Waals surface area contributed by atoms with Gasteiger partial charge in [-0.25, -0.2) is 13.8 Å². The maximum Gasteiger partial charge on any atom is 0.141 e. The van der Waals surface area contributed by atoms with Crippen molar-refractivity contribution in [2.75, 3.05) is 17.8 Å². The van der Waals surface area contributed by atoms with E-state index in [9.17, 15) is 8.78 Å². The average Bonchev–Trinajstić information content (AvgIpc) is 3.27. The lowest BCUT2D eigenvalue weighted by atomic mass is 10.1. The summed E-state index contributed by atoms with van der Waals surface area (Å²) in [7, 11) is 0. The number of anilines is 1. The molecule has 4 heterocycles. The Bertz CT molecular complexity index is 1310. The zero-order chi connectivity index (χ0) is 22.8. The molecule has 0 amide bonds. The molecule has 1 aliphatic rings. The Morgan fingerprint density at radius 3 is 2.64 bits per heavy atom. The molecule has 0 radical (unpaired) electrons. The van der Waals surface area contributed by atoms with E-state index in [0.29, 0.717) is 10.6 Å². The van der Waals surface area contributed by atoms with E-state index in [2.05, 4.69) is 30.6 Å². The van der Waals surface area contributed by atoms with Crippen molar-refractivity contribution in [2.45, 2.75) is 24.2 Å². The van der Waals surface area contributed by atoms with Crippen LogP contribution in [0.5, 0.6) is 0 Å². The number of rotatable bonds is 6. The summed E-state index contributed by atoms with van der Waals surface area (Å²) in [4.78, 5) is 11.5. The first-order chi connectivity index (χ1) is 16.1. The first kappa shape index (κ1) is 21.5. The van der Waals surface area contributed by atoms with E-state index in [1.54, 1.807) is 12.4 Å². The number of nitrogens with one attached hydrogen (secondary N) is 1. The Labute approximate surface area is 195 Å². The number of nitrogens with zero attached hydrogens (tertiary/aromatic N) is 4. The third-order valence-corrected chi connectivity index (χ3v) is 6.67. The summed E-state index contributed by atoms with van der Waals surface area (Å²) in [6.07, 6.45) is 11.0. The van der Waals surface area contributed by atoms with Crippen LogP contribution in [0.15, 0.2) is 72.7 Å². The Morgan fingerprint density at radius 1 is 0.970 bits per heavy atom. The van der Waals surface area contributed by atoms with Crippen molar-refractivity contribution in [1.29, 1.82) is 0 Å². The Kier molecular flexibility index (Phi) is 6.00. The maximum absolute atomic E-state index is 13.9. The van der Waals surface area contributed by atoms with E-state index in [1.807, 2.05) is 30.6 Å². The number of halogens is 2. The molecule has 1 aliphatic heterocycles. The molecule has 1 aromatic carbocycles. The SMILES string of the molecule is C=C(c1cnc2ccc(-c3cncc(NSc4ccc(F)cc4F)c3)cn12)N1CCCCC1. The number of aromatic nitrogens is 3. The molecule has 4 aromatic rings. The number of imidazole rings is 1. The van der Waals surface area contributed by atoms with Crippen LogP contribution in [0.3, 0.4) is 0 Å². The van der Waals surface area contributed by atoms with Crippen LogP contribution < -0.4 is 4.72 Å². The van der Waals surface area contributed by atoms with Crippen LogP contribution in [0.2, 0.25) is 0 Å². The number of fused-ring (bicyclic) bond motifs is 1. The van der Waals surface area contributed by atoms with Crippen molar-refractivity contribution >= 4 is 29.0 Å². The van der Waals surface area contributed by atoms with E-state index in [0.717, 1.165) is 59.3 Å². The van der Waals surface area contributed by atoms with Crippen molar-refractivity contribution in [2.24, 2.45) is 0 Å². The first-order valence-electron chi connectivity index (χ1n) is 10.8. The van der Waals surface area contributed by atoms with Gasteiger partial charge in [-0.15, -0.1) is 0 Å². The van der Waals surface area contributed by atoms with Crippen LogP contribution in [0.4, 0.5) is 14.5 Å². The molecule has 1 saturated heterocycles. The quantitative estimate of drug-likeness (QED) is 0.343. The van der Waals surface area contributed by atoms with Crippen LogP contribution in [0.25, 0.3) is 22.5 Å². The normalized spacial score (nSPS) is 13.9. The molecule has 5 rings (SSSR count). The van der Waals surface area contributed by atoms with Crippen LogP contribution in [-0.2, 0) is 0 Å². The van der Waals surface area contributed by atoms with Crippen LogP contribution in [-0.4, -0.2) is 32.4 Å². The Balaban J connectivity index is 1.39. The standard InChI is InChI=1S/C25H23F2N5S/c1-17(31-9-3-2-4-10-31)23-15-29-25-8-5-18(16-32(23)25)19-11-21(14-28-13-19)30-33-24-7-6-20(26)12-22(24)27/h5-8,11-16,30H,1-4,9-10H2. The summed E-state index contributed by atoms with van der Waals surface area (Å²) < 4.78 is 32.2. The van der Waals surface area contributed by atoms with E-state index in [-0.39, 0.29) is 0 Å². The van der Waals surface area contributed by atoms with Crippen LogP contribution in [0, 0.1) is 11.6 Å². The molecule has 5 nitrogen and oxygen atoms in total. The monoisotopic (exact) mass is 463 g/mol. The number of likely N-dealkylation sites (tertiary alicyclic amines) is 1. The van der Waals surface area contributed by atoms with Crippen LogP contribution >= 0.6 is 11.9 Å². The van der Waals surface area contributed by atoms with Crippen molar-refractivity contribution in [3.63, 3.8) is 0 Å². The first-order valence-corrected chi connectivity index (χ1v) is 11.6. The predicted octanol–water partition coefficient (Wildman–Crippen LogP) is 6.25. The zero-order valence-corrected chi connectivity index (χ0v) is 18.8. The minimum Gasteiger partial charge on any atom is -0.370 e. The molecule has 0 bridgehead atoms. The minimum absolute atomic E-state index is 0.308. The molecule has 168 valence electrons. The molecule has 0 spiro atoms. The molecule has 33 heavy (non-hydrogen) atoms. The fraction of sp³-hybridized carbons (Fsp3) is 0.200. The maximum atomic E-state index is 13.9. The van der Waals surface area contributed by atoms with Crippen molar-refractivity contribution in [3.05, 3.63) is 85.1 Å². The van der Waals surface area contributed by atoms with Gasteiger partial charge in [0, 0.05) is 42.7 Å². The second-order valence-electron chi connectivity index (χ2n) is 8.02. The number of hydrogen-bond acceptors (Lipinski definition) is 5. The highest BCUT2D eigenvalue weighted by Crippen LogP contribution is 2.29. The highest BCUT2D eigenvalue weighted by Gasteiger charge is 2.17. The predicted molar refractivity (Wildman–Crippen MR) is 129 cm³/mol. The van der Waals surface area contributed by atoms with Gasteiger partial charge in [-0.05, 0) is 61.5 Å². The van der Waals surface area contributed by atoms with Gasteiger partial charge in [0.1, 0.15) is 17.3 Å². The lowest BCUT2D eigenvalue weighted by Crippen LogP contribution is -2.28. The molecular formula is C25H23F2N5S. The summed E-state index contributed by atoms with van der Waals surface area (Å²) in [5.74, 6) is -1.21. The zero-order valence-electron chi connectivity index (χ0n) is 18.0. The fourth-order valence-electron chi connectivity index (χ4n) is 4.02. The highest BCUT2D eigenvalue weighted by atomic mass is 32.2. The smallest absolute Gasteiger partial charge is 0.141 e. The van der Waals surface area contributed by atoms with Gasteiger partial charge in [0.15, 0.2) is 0 Å². The van der Waals surface area contributed by atoms with Gasteiger partial charge in [-0.1, -0.05) is 6.58 Å². The van der Waals surface area contributed by atoms with E-state index >= 15 is 0 Å². The highest BCUT2D eigenvalue weighted by molar-refractivity contribution is 8.00. The second kappa shape index (κ2) is 9.23. The van der Waals surface area contributed by atoms with Crippen LogP contribution in [0.1, 0.15) is 25.0 Å². The minimum atomic E-state index is -0.608. The third-order valence-electron chi connectivity index (χ3n) is 5.78. The molecule has 1 fully saturated rings. The van der Waals surface area contributed by atoms with Gasteiger partial charge in [0.05, 0.1) is 34.4 Å². The summed E-state index contributed by atoms with van der Waals surface area (Å²) in [5, 5.41) is 0. The number of hydrogen-bond donors (Lipinski definition) is 1. The molecule has 8 heteroatoms. The topological polar surface area (TPSA) is 45.5 Å². The molecule has 3 aromatic heterocycles. The second-order valence-corrected chi connectivity index (χ2v) is 8.87. The van der Waals surface area contributed by atoms with E-state index in [4.69, 9.17) is 0 Å². The van der Waals surface area contributed by atoms with Gasteiger partial charge in [0.2, 0.25) is 0 Å². The van der Waals surface area contributed by atoms with Gasteiger partial charge in [-0.2, -0.15) is 0 Å².